The second-order valence-corrected chi connectivity index (χ2v) is 9.16. The van der Waals surface area contributed by atoms with Crippen molar-refractivity contribution in [3.63, 3.8) is 0 Å². The zero-order valence-electron chi connectivity index (χ0n) is 16.4. The van der Waals surface area contributed by atoms with Crippen LogP contribution in [0.25, 0.3) is 0 Å². The summed E-state index contributed by atoms with van der Waals surface area (Å²) in [6.07, 6.45) is 3.50. The third-order valence-corrected chi connectivity index (χ3v) is 6.82. The van der Waals surface area contributed by atoms with Gasteiger partial charge in [-0.3, -0.25) is 13.9 Å². The van der Waals surface area contributed by atoms with Gasteiger partial charge in [0.25, 0.3) is 10.0 Å². The fraction of sp³-hybridized carbons (Fsp3) is 0.500. The smallest absolute Gasteiger partial charge is 0.316 e. The quantitative estimate of drug-likeness (QED) is 0.548. The monoisotopic (exact) mass is 393 g/mol. The molecule has 0 aliphatic carbocycles. The van der Waals surface area contributed by atoms with Crippen LogP contribution in [0.15, 0.2) is 41.4 Å². The number of carbonyl (C=O) groups excluding carboxylic acids is 2. The molecule has 0 saturated carbocycles. The summed E-state index contributed by atoms with van der Waals surface area (Å²) < 4.78 is 32.4. The molecule has 6 nitrogen and oxygen atoms in total. The molecule has 27 heavy (non-hydrogen) atoms. The van der Waals surface area contributed by atoms with Crippen molar-refractivity contribution in [3.05, 3.63) is 42.1 Å². The summed E-state index contributed by atoms with van der Waals surface area (Å²) >= 11 is 0. The van der Waals surface area contributed by atoms with Crippen LogP contribution in [0.5, 0.6) is 0 Å². The van der Waals surface area contributed by atoms with Gasteiger partial charge in [0, 0.05) is 18.2 Å². The summed E-state index contributed by atoms with van der Waals surface area (Å²) in [5.74, 6) is -2.19. The van der Waals surface area contributed by atoms with Crippen LogP contribution in [-0.2, 0) is 24.3 Å². The van der Waals surface area contributed by atoms with Crippen molar-refractivity contribution in [2.24, 2.45) is 17.8 Å². The number of nitrogens with zero attached hydrogens (tertiary/aromatic N) is 1. The second-order valence-electron chi connectivity index (χ2n) is 7.31. The van der Waals surface area contributed by atoms with Crippen molar-refractivity contribution in [1.29, 1.82) is 0 Å². The molecule has 1 heterocycles. The summed E-state index contributed by atoms with van der Waals surface area (Å²) in [5, 5.41) is 0. The highest BCUT2D eigenvalue weighted by atomic mass is 32.2. The Balaban J connectivity index is 2.42. The minimum absolute atomic E-state index is 0.00271. The zero-order chi connectivity index (χ0) is 20.4. The van der Waals surface area contributed by atoms with Gasteiger partial charge in [0.1, 0.15) is 11.7 Å². The maximum Gasteiger partial charge on any atom is 0.316 e. The van der Waals surface area contributed by atoms with Crippen LogP contribution in [0.2, 0.25) is 0 Å². The largest absolute Gasteiger partial charge is 0.468 e. The Bertz CT molecular complexity index is 826. The summed E-state index contributed by atoms with van der Waals surface area (Å²) in [6, 6.07) is 6.34. The Morgan fingerprint density at radius 3 is 2.26 bits per heavy atom. The number of ether oxygens (including phenoxy) is 1. The lowest BCUT2D eigenvalue weighted by Crippen LogP contribution is -2.45. The number of hydrogen-bond donors (Lipinski definition) is 0. The molecule has 148 valence electrons. The van der Waals surface area contributed by atoms with E-state index in [9.17, 15) is 18.0 Å². The predicted octanol–water partition coefficient (Wildman–Crippen LogP) is 2.92. The van der Waals surface area contributed by atoms with Gasteiger partial charge in [-0.1, -0.05) is 37.6 Å². The molecule has 0 amide bonds. The summed E-state index contributed by atoms with van der Waals surface area (Å²) in [5.41, 5.74) is 0.978. The number of methoxy groups -OCH3 is 1. The Morgan fingerprint density at radius 2 is 1.78 bits per heavy atom. The number of sulfonamides is 1. The summed E-state index contributed by atoms with van der Waals surface area (Å²) in [6.45, 7) is 7.11. The number of carbonyl (C=O) groups is 2. The van der Waals surface area contributed by atoms with Crippen LogP contribution in [0, 0.1) is 24.7 Å². The number of Topliss-reactive ketones (excluding diaryl/α,β-unsaturated/α-hetero) is 1. The molecule has 2 rings (SSSR count). The molecule has 1 aliphatic heterocycles. The number of ketones is 1. The molecule has 0 radical (unpaired) electrons. The molecule has 1 unspecified atom stereocenters. The molecule has 1 aromatic rings. The van der Waals surface area contributed by atoms with Crippen LogP contribution in [0.4, 0.5) is 0 Å². The van der Waals surface area contributed by atoms with Crippen molar-refractivity contribution in [3.8, 4) is 0 Å². The normalized spacial score (nSPS) is 21.2. The Hall–Kier alpha value is -2.15. The average Bonchev–Trinajstić information content (AvgIpc) is 2.61. The van der Waals surface area contributed by atoms with E-state index in [0.717, 1.165) is 5.56 Å². The van der Waals surface area contributed by atoms with Crippen LogP contribution in [-0.4, -0.2) is 37.6 Å². The lowest BCUT2D eigenvalue weighted by molar-refractivity contribution is -0.150. The first-order chi connectivity index (χ1) is 12.6. The topological polar surface area (TPSA) is 80.8 Å². The molecule has 0 N–H and O–H groups in total. The van der Waals surface area contributed by atoms with Gasteiger partial charge in [0.15, 0.2) is 0 Å². The highest BCUT2D eigenvalue weighted by Crippen LogP contribution is 2.34. The molecule has 1 aliphatic rings. The van der Waals surface area contributed by atoms with E-state index in [1.54, 1.807) is 30.3 Å². The van der Waals surface area contributed by atoms with Crippen LogP contribution in [0.1, 0.15) is 32.8 Å². The van der Waals surface area contributed by atoms with E-state index in [2.05, 4.69) is 0 Å². The van der Waals surface area contributed by atoms with E-state index in [1.807, 2.05) is 20.8 Å². The van der Waals surface area contributed by atoms with Gasteiger partial charge < -0.3 is 4.74 Å². The Labute approximate surface area is 161 Å². The number of aryl methyl sites for hydroxylation is 1. The van der Waals surface area contributed by atoms with Gasteiger partial charge in [-0.2, -0.15) is 0 Å². The molecular weight excluding hydrogens is 366 g/mol. The molecule has 0 saturated heterocycles. The molecule has 0 spiro atoms. The number of hydrogen-bond acceptors (Lipinski definition) is 5. The third-order valence-electron chi connectivity index (χ3n) is 5.01. The molecule has 3 atom stereocenters. The molecule has 0 aromatic heterocycles. The van der Waals surface area contributed by atoms with E-state index in [0.29, 0.717) is 6.42 Å². The third kappa shape index (κ3) is 4.40. The van der Waals surface area contributed by atoms with E-state index in [-0.39, 0.29) is 22.6 Å². The molecule has 1 aromatic carbocycles. The maximum atomic E-state index is 13.1. The Morgan fingerprint density at radius 1 is 1.19 bits per heavy atom. The standard InChI is InChI=1S/C20H27NO5S/c1-13(2)18-12-16(19(15(4)22)20(23)26-5)10-11-21(18)27(24,25)17-8-6-14(3)7-9-17/h6-11,13,16,18-19H,12H2,1-5H3/t16-,18-,19?/m1/s1. The van der Waals surface area contributed by atoms with Gasteiger partial charge in [0.05, 0.1) is 12.0 Å². The lowest BCUT2D eigenvalue weighted by atomic mass is 9.80. The minimum Gasteiger partial charge on any atom is -0.468 e. The van der Waals surface area contributed by atoms with Crippen molar-refractivity contribution in [2.45, 2.75) is 45.1 Å². The highest BCUT2D eigenvalue weighted by molar-refractivity contribution is 7.89. The van der Waals surface area contributed by atoms with Crippen molar-refractivity contribution < 1.29 is 22.7 Å². The maximum absolute atomic E-state index is 13.1. The van der Waals surface area contributed by atoms with E-state index < -0.39 is 27.8 Å². The Kier molecular flexibility index (Phi) is 6.46. The zero-order valence-corrected chi connectivity index (χ0v) is 17.2. The van der Waals surface area contributed by atoms with Gasteiger partial charge >= 0.3 is 5.97 Å². The van der Waals surface area contributed by atoms with Crippen molar-refractivity contribution in [1.82, 2.24) is 4.31 Å². The number of esters is 1. The fourth-order valence-corrected chi connectivity index (χ4v) is 5.08. The molecule has 0 bridgehead atoms. The van der Waals surface area contributed by atoms with Crippen LogP contribution >= 0.6 is 0 Å². The SMILES string of the molecule is COC(=O)C(C(C)=O)[C@@H]1C=CN(S(=O)(=O)c2ccc(C)cc2)[C@@H](C(C)C)C1. The van der Waals surface area contributed by atoms with Crippen molar-refractivity contribution >= 4 is 21.8 Å². The first-order valence-electron chi connectivity index (χ1n) is 8.96. The molecule has 0 fully saturated rings. The second kappa shape index (κ2) is 8.25. The number of benzene rings is 1. The first-order valence-corrected chi connectivity index (χ1v) is 10.4. The summed E-state index contributed by atoms with van der Waals surface area (Å²) in [7, 11) is -2.47. The van der Waals surface area contributed by atoms with Crippen LogP contribution < -0.4 is 0 Å². The van der Waals surface area contributed by atoms with E-state index in [1.165, 1.54) is 24.5 Å². The van der Waals surface area contributed by atoms with E-state index in [4.69, 9.17) is 4.74 Å². The van der Waals surface area contributed by atoms with Gasteiger partial charge in [-0.25, -0.2) is 8.42 Å². The molecule has 7 heteroatoms. The lowest BCUT2D eigenvalue weighted by Gasteiger charge is -2.39. The predicted molar refractivity (Wildman–Crippen MR) is 102 cm³/mol. The number of rotatable bonds is 6. The van der Waals surface area contributed by atoms with Crippen molar-refractivity contribution in [2.75, 3.05) is 7.11 Å². The van der Waals surface area contributed by atoms with E-state index >= 15 is 0 Å². The van der Waals surface area contributed by atoms with Gasteiger partial charge in [-0.15, -0.1) is 0 Å². The minimum atomic E-state index is -3.72. The number of allylic oxidation sites excluding steroid dienone is 1. The first kappa shape index (κ1) is 21.2. The van der Waals surface area contributed by atoms with Gasteiger partial charge in [0.2, 0.25) is 0 Å². The fourth-order valence-electron chi connectivity index (χ4n) is 3.44. The van der Waals surface area contributed by atoms with Gasteiger partial charge in [-0.05, 0) is 38.3 Å². The summed E-state index contributed by atoms with van der Waals surface area (Å²) in [4.78, 5) is 24.3. The molecular formula is C20H27NO5S. The van der Waals surface area contributed by atoms with Crippen LogP contribution in [0.3, 0.4) is 0 Å². The highest BCUT2D eigenvalue weighted by Gasteiger charge is 2.40. The average molecular weight is 394 g/mol.